The number of thioether (sulfide) groups is 1. The lowest BCUT2D eigenvalue weighted by Gasteiger charge is -2.13. The van der Waals surface area contributed by atoms with Crippen molar-refractivity contribution in [3.05, 3.63) is 151 Å². The van der Waals surface area contributed by atoms with Gasteiger partial charge in [0.15, 0.2) is 0 Å². The van der Waals surface area contributed by atoms with Crippen LogP contribution in [0.4, 0.5) is 5.69 Å². The number of rotatable bonds is 3. The summed E-state index contributed by atoms with van der Waals surface area (Å²) in [4.78, 5) is 1.25. The Balaban J connectivity index is 1.03. The summed E-state index contributed by atoms with van der Waals surface area (Å²) in [5.74, 6) is 0. The standard InChI is InChI=1S/C41H26N2OS/c1-2-8-25(9-3-1)29-16-19-32-38(24-29)44-37-21-20-34-40(39(32)37)45-41(42-34)26-14-17-30(18-15-26)43-35-13-7-6-12-31(35)33-22-27-10-4-5-11-28(27)23-36(33)43/h1-24,41-42H. The molecule has 1 aliphatic heterocycles. The van der Waals surface area contributed by atoms with Crippen molar-refractivity contribution >= 4 is 72.0 Å². The SMILES string of the molecule is c1ccc(-c2ccc3c(c2)oc2ccc4c(c23)SC(c2ccc(-n3c5ccccc5c5cc6ccccc6cc53)cc2)N4)cc1. The van der Waals surface area contributed by atoms with Crippen LogP contribution in [0, 0.1) is 0 Å². The second kappa shape index (κ2) is 9.52. The van der Waals surface area contributed by atoms with Gasteiger partial charge in [-0.15, -0.1) is 0 Å². The Labute approximate surface area is 263 Å². The Bertz CT molecular complexity index is 2600. The fourth-order valence-electron chi connectivity index (χ4n) is 7.05. The highest BCUT2D eigenvalue weighted by Gasteiger charge is 2.27. The largest absolute Gasteiger partial charge is 0.456 e. The van der Waals surface area contributed by atoms with Crippen LogP contribution in [0.3, 0.4) is 0 Å². The van der Waals surface area contributed by atoms with Crippen molar-refractivity contribution < 1.29 is 4.42 Å². The van der Waals surface area contributed by atoms with Gasteiger partial charge in [0.25, 0.3) is 0 Å². The molecule has 45 heavy (non-hydrogen) atoms. The smallest absolute Gasteiger partial charge is 0.136 e. The molecule has 4 heteroatoms. The second-order valence-electron chi connectivity index (χ2n) is 11.8. The number of anilines is 1. The van der Waals surface area contributed by atoms with E-state index < -0.39 is 0 Å². The summed E-state index contributed by atoms with van der Waals surface area (Å²) in [5.41, 5.74) is 10.2. The maximum Gasteiger partial charge on any atom is 0.136 e. The van der Waals surface area contributed by atoms with E-state index in [1.807, 2.05) is 17.8 Å². The Morgan fingerprint density at radius 2 is 1.33 bits per heavy atom. The molecule has 1 aliphatic rings. The molecule has 10 rings (SSSR count). The summed E-state index contributed by atoms with van der Waals surface area (Å²) in [6.45, 7) is 0. The zero-order valence-electron chi connectivity index (χ0n) is 24.2. The van der Waals surface area contributed by atoms with E-state index in [1.165, 1.54) is 59.6 Å². The zero-order valence-corrected chi connectivity index (χ0v) is 25.0. The van der Waals surface area contributed by atoms with Crippen molar-refractivity contribution in [2.24, 2.45) is 0 Å². The van der Waals surface area contributed by atoms with E-state index in [-0.39, 0.29) is 5.37 Å². The molecule has 212 valence electrons. The van der Waals surface area contributed by atoms with Crippen LogP contribution in [0.25, 0.3) is 71.3 Å². The Hall–Kier alpha value is -5.45. The summed E-state index contributed by atoms with van der Waals surface area (Å²) < 4.78 is 8.79. The minimum Gasteiger partial charge on any atom is -0.456 e. The summed E-state index contributed by atoms with van der Waals surface area (Å²) in [6.07, 6.45) is 0. The van der Waals surface area contributed by atoms with E-state index >= 15 is 0 Å². The normalized spacial score (nSPS) is 14.5. The van der Waals surface area contributed by atoms with Crippen LogP contribution in [0.15, 0.2) is 155 Å². The van der Waals surface area contributed by atoms with E-state index in [4.69, 9.17) is 4.42 Å². The molecule has 9 aromatic rings. The lowest BCUT2D eigenvalue weighted by atomic mass is 10.0. The molecule has 3 nitrogen and oxygen atoms in total. The van der Waals surface area contributed by atoms with E-state index in [2.05, 4.69) is 149 Å². The molecule has 0 saturated heterocycles. The first-order valence-electron chi connectivity index (χ1n) is 15.3. The Morgan fingerprint density at radius 3 is 2.20 bits per heavy atom. The van der Waals surface area contributed by atoms with Crippen LogP contribution < -0.4 is 5.32 Å². The highest BCUT2D eigenvalue weighted by atomic mass is 32.2. The molecule has 7 aromatic carbocycles. The van der Waals surface area contributed by atoms with Crippen LogP contribution >= 0.6 is 11.8 Å². The summed E-state index contributed by atoms with van der Waals surface area (Å²) in [6, 6.07) is 52.4. The molecule has 0 amide bonds. The second-order valence-corrected chi connectivity index (χ2v) is 12.9. The molecule has 1 atom stereocenters. The number of aromatic nitrogens is 1. The van der Waals surface area contributed by atoms with Gasteiger partial charge in [-0.2, -0.15) is 0 Å². The molecule has 0 saturated carbocycles. The number of hydrogen-bond acceptors (Lipinski definition) is 3. The zero-order chi connectivity index (χ0) is 29.5. The van der Waals surface area contributed by atoms with Crippen LogP contribution in [-0.4, -0.2) is 4.57 Å². The van der Waals surface area contributed by atoms with Gasteiger partial charge in [-0.25, -0.2) is 0 Å². The van der Waals surface area contributed by atoms with Crippen LogP contribution in [0.5, 0.6) is 0 Å². The third-order valence-electron chi connectivity index (χ3n) is 9.21. The van der Waals surface area contributed by atoms with Crippen molar-refractivity contribution in [1.82, 2.24) is 4.57 Å². The molecule has 0 spiro atoms. The summed E-state index contributed by atoms with van der Waals surface area (Å²) in [5, 5.41) is 11.3. The lowest BCUT2D eigenvalue weighted by Crippen LogP contribution is -2.01. The first-order chi connectivity index (χ1) is 22.3. The number of fused-ring (bicyclic) bond motifs is 9. The summed E-state index contributed by atoms with van der Waals surface area (Å²) >= 11 is 1.87. The molecule has 1 unspecified atom stereocenters. The lowest BCUT2D eigenvalue weighted by molar-refractivity contribution is 0.668. The van der Waals surface area contributed by atoms with Crippen molar-refractivity contribution in [2.45, 2.75) is 10.3 Å². The number of para-hydroxylation sites is 1. The third-order valence-corrected chi connectivity index (χ3v) is 10.5. The van der Waals surface area contributed by atoms with Gasteiger partial charge in [0.05, 0.1) is 11.0 Å². The first-order valence-corrected chi connectivity index (χ1v) is 16.2. The average molecular weight is 595 g/mol. The van der Waals surface area contributed by atoms with Crippen LogP contribution in [0.1, 0.15) is 10.9 Å². The quantitative estimate of drug-likeness (QED) is 0.221. The fraction of sp³-hybridized carbons (Fsp3) is 0.0244. The Morgan fingerprint density at radius 1 is 0.556 bits per heavy atom. The monoisotopic (exact) mass is 594 g/mol. The molecule has 0 aliphatic carbocycles. The number of furan rings is 1. The van der Waals surface area contributed by atoms with Gasteiger partial charge in [0.1, 0.15) is 16.5 Å². The predicted octanol–water partition coefficient (Wildman–Crippen LogP) is 11.7. The highest BCUT2D eigenvalue weighted by Crippen LogP contribution is 2.52. The van der Waals surface area contributed by atoms with Crippen molar-refractivity contribution in [3.8, 4) is 16.8 Å². The Kier molecular flexibility index (Phi) is 5.28. The van der Waals surface area contributed by atoms with E-state index in [0.717, 1.165) is 27.9 Å². The van der Waals surface area contributed by atoms with Crippen molar-refractivity contribution in [3.63, 3.8) is 0 Å². The topological polar surface area (TPSA) is 30.1 Å². The maximum absolute atomic E-state index is 6.39. The predicted molar refractivity (Wildman–Crippen MR) is 190 cm³/mol. The molecule has 3 heterocycles. The molecule has 1 N–H and O–H groups in total. The minimum atomic E-state index is 0.121. The van der Waals surface area contributed by atoms with Gasteiger partial charge in [-0.3, -0.25) is 0 Å². The van der Waals surface area contributed by atoms with Gasteiger partial charge >= 0.3 is 0 Å². The van der Waals surface area contributed by atoms with Crippen LogP contribution in [-0.2, 0) is 0 Å². The third kappa shape index (κ3) is 3.79. The molecule has 0 radical (unpaired) electrons. The molecule has 0 bridgehead atoms. The molecule has 0 fully saturated rings. The van der Waals surface area contributed by atoms with E-state index in [0.29, 0.717) is 0 Å². The maximum atomic E-state index is 6.39. The highest BCUT2D eigenvalue weighted by molar-refractivity contribution is 8.00. The number of hydrogen-bond donors (Lipinski definition) is 1. The van der Waals surface area contributed by atoms with Crippen LogP contribution in [0.2, 0.25) is 0 Å². The molecular formula is C41H26N2OS. The minimum absolute atomic E-state index is 0.121. The van der Waals surface area contributed by atoms with Crippen molar-refractivity contribution in [2.75, 3.05) is 5.32 Å². The van der Waals surface area contributed by atoms with E-state index in [1.54, 1.807) is 0 Å². The van der Waals surface area contributed by atoms with Gasteiger partial charge in [-0.1, -0.05) is 103 Å². The van der Waals surface area contributed by atoms with Gasteiger partial charge < -0.3 is 14.3 Å². The van der Waals surface area contributed by atoms with Gasteiger partial charge in [0.2, 0.25) is 0 Å². The van der Waals surface area contributed by atoms with E-state index in [9.17, 15) is 0 Å². The average Bonchev–Trinajstić information content (AvgIpc) is 3.79. The first kappa shape index (κ1) is 24.9. The number of nitrogens with zero attached hydrogens (tertiary/aromatic N) is 1. The van der Waals surface area contributed by atoms with Crippen molar-refractivity contribution in [1.29, 1.82) is 0 Å². The fourth-order valence-corrected chi connectivity index (χ4v) is 8.35. The van der Waals surface area contributed by atoms with Gasteiger partial charge in [-0.05, 0) is 82.1 Å². The number of nitrogens with one attached hydrogen (secondary N) is 1. The number of benzene rings is 7. The summed E-state index contributed by atoms with van der Waals surface area (Å²) in [7, 11) is 0. The van der Waals surface area contributed by atoms with Gasteiger partial charge in [0, 0.05) is 37.8 Å². The molecule has 2 aromatic heterocycles. The molecular weight excluding hydrogens is 569 g/mol.